The number of rotatable bonds is 10. The average molecular weight is 423 g/mol. The molecule has 4 nitrogen and oxygen atoms in total. The lowest BCUT2D eigenvalue weighted by atomic mass is 10.0. The Balaban J connectivity index is 2.15. The molecule has 0 aliphatic rings. The fraction of sp³-hybridized carbons (Fsp3) is 0.407. The van der Waals surface area contributed by atoms with Crippen molar-refractivity contribution in [3.63, 3.8) is 0 Å². The van der Waals surface area contributed by atoms with Crippen LogP contribution in [-0.4, -0.2) is 27.9 Å². The zero-order valence-electron chi connectivity index (χ0n) is 19.4. The van der Waals surface area contributed by atoms with Crippen LogP contribution < -0.4 is 18.9 Å². The van der Waals surface area contributed by atoms with Gasteiger partial charge in [0.05, 0.1) is 27.9 Å². The fourth-order valence-corrected chi connectivity index (χ4v) is 3.93. The quantitative estimate of drug-likeness (QED) is 0.347. The largest absolute Gasteiger partial charge is 0.496 e. The lowest BCUT2D eigenvalue weighted by Crippen LogP contribution is -2.11. The van der Waals surface area contributed by atoms with E-state index in [1.54, 1.807) is 21.3 Å². The third-order valence-corrected chi connectivity index (χ3v) is 5.89. The molecule has 4 rings (SSSR count). The molecule has 1 atom stereocenters. The van der Waals surface area contributed by atoms with Gasteiger partial charge in [0.25, 0.3) is 0 Å². The minimum absolute atomic E-state index is 0.575. The Hall–Kier alpha value is -2.88. The molecule has 0 saturated carbocycles. The van der Waals surface area contributed by atoms with E-state index < -0.39 is 0 Å². The molecule has 0 N–H and O–H groups in total. The summed E-state index contributed by atoms with van der Waals surface area (Å²) in [5.41, 5.74) is 0. The van der Waals surface area contributed by atoms with Crippen LogP contribution in [0.15, 0.2) is 48.5 Å². The normalized spacial score (nSPS) is 11.9. The van der Waals surface area contributed by atoms with Crippen LogP contribution in [0.5, 0.6) is 23.0 Å². The molecule has 0 amide bonds. The maximum absolute atomic E-state index is 6.22. The number of hydrogen-bond donors (Lipinski definition) is 0. The van der Waals surface area contributed by atoms with Gasteiger partial charge >= 0.3 is 0 Å². The van der Waals surface area contributed by atoms with Gasteiger partial charge in [0, 0.05) is 16.2 Å². The molecule has 0 fully saturated rings. The lowest BCUT2D eigenvalue weighted by Gasteiger charge is -2.16. The summed E-state index contributed by atoms with van der Waals surface area (Å²) in [6, 6.07) is 16.2. The number of unbranched alkanes of at least 4 members (excludes halogenated alkanes) is 1. The van der Waals surface area contributed by atoms with E-state index in [1.807, 2.05) is 30.3 Å². The number of methoxy groups -OCH3 is 3. The van der Waals surface area contributed by atoms with E-state index in [4.69, 9.17) is 18.9 Å². The summed E-state index contributed by atoms with van der Waals surface area (Å²) in [6.45, 7) is 5.20. The summed E-state index contributed by atoms with van der Waals surface area (Å²) >= 11 is 0. The fourth-order valence-electron chi connectivity index (χ4n) is 3.93. The Kier molecular flexibility index (Phi) is 8.05. The third kappa shape index (κ3) is 5.25. The first-order valence-electron chi connectivity index (χ1n) is 11.1. The summed E-state index contributed by atoms with van der Waals surface area (Å²) in [7, 11) is 5.04. The monoisotopic (exact) mass is 422 g/mol. The maximum Gasteiger partial charge on any atom is 0.127 e. The Morgan fingerprint density at radius 3 is 2.10 bits per heavy atom. The molecule has 0 saturated heterocycles. The van der Waals surface area contributed by atoms with Crippen LogP contribution in [0, 0.1) is 5.92 Å². The molecule has 0 radical (unpaired) electrons. The van der Waals surface area contributed by atoms with Crippen molar-refractivity contribution in [3.8, 4) is 23.0 Å². The SMILES string of the molecule is CCCCC(CC)COc1ccc2c3ccc(cc3OC)c(OC)ccc(OC)c2c1. The van der Waals surface area contributed by atoms with Gasteiger partial charge in [-0.3, -0.25) is 0 Å². The Bertz CT molecular complexity index is 1040. The van der Waals surface area contributed by atoms with Crippen LogP contribution in [0.1, 0.15) is 39.5 Å². The molecule has 0 spiro atoms. The number of hydrogen-bond acceptors (Lipinski definition) is 4. The van der Waals surface area contributed by atoms with E-state index in [1.165, 1.54) is 19.3 Å². The van der Waals surface area contributed by atoms with Crippen molar-refractivity contribution < 1.29 is 18.9 Å². The summed E-state index contributed by atoms with van der Waals surface area (Å²) in [5, 5.41) is 3.95. The highest BCUT2D eigenvalue weighted by Crippen LogP contribution is 2.36. The van der Waals surface area contributed by atoms with Gasteiger partial charge in [0.1, 0.15) is 23.0 Å². The van der Waals surface area contributed by atoms with Crippen molar-refractivity contribution in [2.24, 2.45) is 5.92 Å². The van der Waals surface area contributed by atoms with Gasteiger partial charge < -0.3 is 18.9 Å². The molecule has 0 aliphatic heterocycles. The molecule has 0 aromatic heterocycles. The first-order chi connectivity index (χ1) is 15.1. The van der Waals surface area contributed by atoms with Crippen LogP contribution in [0.2, 0.25) is 0 Å². The van der Waals surface area contributed by atoms with Crippen LogP contribution in [-0.2, 0) is 0 Å². The highest BCUT2D eigenvalue weighted by Gasteiger charge is 2.11. The molecule has 2 bridgehead atoms. The van der Waals surface area contributed by atoms with Crippen molar-refractivity contribution >= 4 is 21.5 Å². The zero-order valence-corrected chi connectivity index (χ0v) is 19.4. The first kappa shape index (κ1) is 22.8. The highest BCUT2D eigenvalue weighted by atomic mass is 16.5. The van der Waals surface area contributed by atoms with E-state index >= 15 is 0 Å². The molecule has 4 aromatic carbocycles. The van der Waals surface area contributed by atoms with E-state index in [0.29, 0.717) is 5.92 Å². The summed E-state index contributed by atoms with van der Waals surface area (Å²) in [4.78, 5) is 0. The van der Waals surface area contributed by atoms with Crippen LogP contribution in [0.3, 0.4) is 0 Å². The molecular weight excluding hydrogens is 388 g/mol. The van der Waals surface area contributed by atoms with E-state index in [-0.39, 0.29) is 0 Å². The van der Waals surface area contributed by atoms with Gasteiger partial charge in [-0.05, 0) is 60.2 Å². The molecular formula is C27H34O4. The topological polar surface area (TPSA) is 36.9 Å². The van der Waals surface area contributed by atoms with Gasteiger partial charge in [-0.1, -0.05) is 39.2 Å². The number of fused-ring (bicyclic) bond motifs is 5. The van der Waals surface area contributed by atoms with Gasteiger partial charge in [-0.2, -0.15) is 0 Å². The minimum Gasteiger partial charge on any atom is -0.496 e. The first-order valence-corrected chi connectivity index (χ1v) is 11.1. The van der Waals surface area contributed by atoms with Gasteiger partial charge in [0.2, 0.25) is 0 Å². The number of benzene rings is 2. The maximum atomic E-state index is 6.22. The predicted octanol–water partition coefficient (Wildman–Crippen LogP) is 7.18. The lowest BCUT2D eigenvalue weighted by molar-refractivity contribution is 0.233. The molecule has 4 heteroatoms. The van der Waals surface area contributed by atoms with E-state index in [0.717, 1.165) is 57.6 Å². The Morgan fingerprint density at radius 1 is 0.710 bits per heavy atom. The molecule has 31 heavy (non-hydrogen) atoms. The molecule has 1 unspecified atom stereocenters. The Morgan fingerprint density at radius 2 is 1.42 bits per heavy atom. The molecule has 0 heterocycles. The van der Waals surface area contributed by atoms with Crippen molar-refractivity contribution in [2.75, 3.05) is 27.9 Å². The second-order valence-electron chi connectivity index (χ2n) is 7.82. The van der Waals surface area contributed by atoms with Gasteiger partial charge in [0.15, 0.2) is 0 Å². The predicted molar refractivity (Wildman–Crippen MR) is 129 cm³/mol. The van der Waals surface area contributed by atoms with Crippen molar-refractivity contribution in [2.45, 2.75) is 39.5 Å². The minimum atomic E-state index is 0.575. The van der Waals surface area contributed by atoms with E-state index in [9.17, 15) is 0 Å². The average Bonchev–Trinajstić information content (AvgIpc) is 2.82. The summed E-state index contributed by atoms with van der Waals surface area (Å²) in [6.07, 6.45) is 4.79. The smallest absolute Gasteiger partial charge is 0.127 e. The highest BCUT2D eigenvalue weighted by molar-refractivity contribution is 6.04. The second kappa shape index (κ2) is 10.9. The van der Waals surface area contributed by atoms with Crippen LogP contribution in [0.4, 0.5) is 0 Å². The zero-order chi connectivity index (χ0) is 22.2. The van der Waals surface area contributed by atoms with Gasteiger partial charge in [-0.15, -0.1) is 0 Å². The molecule has 0 aliphatic carbocycles. The van der Waals surface area contributed by atoms with Crippen molar-refractivity contribution in [1.29, 1.82) is 0 Å². The van der Waals surface area contributed by atoms with Crippen molar-refractivity contribution in [3.05, 3.63) is 48.5 Å². The molecule has 166 valence electrons. The Labute approximate surface area is 185 Å². The number of ether oxygens (including phenoxy) is 4. The van der Waals surface area contributed by atoms with Crippen LogP contribution in [0.25, 0.3) is 21.5 Å². The van der Waals surface area contributed by atoms with E-state index in [2.05, 4.69) is 32.0 Å². The third-order valence-electron chi connectivity index (χ3n) is 5.89. The van der Waals surface area contributed by atoms with Crippen molar-refractivity contribution in [1.82, 2.24) is 0 Å². The van der Waals surface area contributed by atoms with Crippen LogP contribution >= 0.6 is 0 Å². The second-order valence-corrected chi connectivity index (χ2v) is 7.82. The summed E-state index contributed by atoms with van der Waals surface area (Å²) < 4.78 is 23.3. The standard InChI is InChI=1S/C27H34O4/c1-6-8-9-19(7-2)18-31-21-11-13-22-23-12-10-20(16-27(23)30-5)25(28-3)14-15-26(29-4)24(22)17-21/h10-17,19H,6-9,18H2,1-5H3. The van der Waals surface area contributed by atoms with Gasteiger partial charge in [-0.25, -0.2) is 0 Å². The summed E-state index contributed by atoms with van der Waals surface area (Å²) in [5.74, 6) is 3.71. The molecule has 4 aromatic rings.